The number of hydrogen-bond donors (Lipinski definition) is 0. The second-order valence-electron chi connectivity index (χ2n) is 3.39. The summed E-state index contributed by atoms with van der Waals surface area (Å²) in [5.41, 5.74) is 1.76. The summed E-state index contributed by atoms with van der Waals surface area (Å²) in [6, 6.07) is 4.87. The summed E-state index contributed by atoms with van der Waals surface area (Å²) in [4.78, 5) is 21.6. The molecule has 0 saturated heterocycles. The molecule has 0 spiro atoms. The Morgan fingerprint density at radius 1 is 1.38 bits per heavy atom. The monoisotopic (exact) mass is 222 g/mol. The van der Waals surface area contributed by atoms with Gasteiger partial charge in [-0.15, -0.1) is 0 Å². The average Bonchev–Trinajstić information content (AvgIpc) is 2.29. The zero-order valence-electron chi connectivity index (χ0n) is 10.2. The first kappa shape index (κ1) is 14.4. The van der Waals surface area contributed by atoms with Gasteiger partial charge in [-0.1, -0.05) is 26.3 Å². The van der Waals surface area contributed by atoms with Gasteiger partial charge in [0, 0.05) is 5.56 Å². The molecule has 1 aromatic carbocycles. The van der Waals surface area contributed by atoms with Gasteiger partial charge in [-0.25, -0.2) is 4.79 Å². The van der Waals surface area contributed by atoms with Crippen LogP contribution in [0.25, 0.3) is 0 Å². The van der Waals surface area contributed by atoms with Crippen LogP contribution in [0.3, 0.4) is 0 Å². The van der Waals surface area contributed by atoms with Crippen LogP contribution in [0.2, 0.25) is 0 Å². The fourth-order valence-electron chi connectivity index (χ4n) is 1.01. The lowest BCUT2D eigenvalue weighted by Crippen LogP contribution is -2.02. The second kappa shape index (κ2) is 7.63. The Kier molecular flexibility index (Phi) is 6.84. The molecule has 88 valence electrons. The topological polar surface area (TPSA) is 43.4 Å². The van der Waals surface area contributed by atoms with Crippen LogP contribution in [-0.2, 0) is 4.74 Å². The zero-order chi connectivity index (χ0) is 12.6. The molecule has 0 amide bonds. The van der Waals surface area contributed by atoms with Gasteiger partial charge in [0.2, 0.25) is 0 Å². The lowest BCUT2D eigenvalue weighted by atomic mass is 10.1. The maximum absolute atomic E-state index is 11.1. The summed E-state index contributed by atoms with van der Waals surface area (Å²) >= 11 is 0. The van der Waals surface area contributed by atoms with Crippen molar-refractivity contribution in [3.8, 4) is 0 Å². The minimum Gasteiger partial charge on any atom is -0.465 e. The van der Waals surface area contributed by atoms with E-state index < -0.39 is 5.97 Å². The van der Waals surface area contributed by atoms with E-state index in [4.69, 9.17) is 0 Å². The van der Waals surface area contributed by atoms with Crippen molar-refractivity contribution < 1.29 is 14.3 Å². The third kappa shape index (κ3) is 4.26. The molecule has 0 aliphatic heterocycles. The van der Waals surface area contributed by atoms with Crippen molar-refractivity contribution in [3.05, 3.63) is 34.9 Å². The van der Waals surface area contributed by atoms with Gasteiger partial charge in [0.25, 0.3) is 0 Å². The molecular weight excluding hydrogens is 204 g/mol. The number of esters is 1. The van der Waals surface area contributed by atoms with Crippen LogP contribution >= 0.6 is 0 Å². The van der Waals surface area contributed by atoms with Gasteiger partial charge in [0.1, 0.15) is 6.29 Å². The first-order valence-corrected chi connectivity index (χ1v) is 5.24. The number of aldehydes is 1. The maximum atomic E-state index is 11.1. The summed E-state index contributed by atoms with van der Waals surface area (Å²) in [5.74, 6) is -0.428. The van der Waals surface area contributed by atoms with E-state index in [9.17, 15) is 9.59 Å². The molecule has 0 bridgehead atoms. The normalized spacial score (nSPS) is 8.75. The number of rotatable bonds is 2. The average molecular weight is 222 g/mol. The molecule has 0 heterocycles. The Hall–Kier alpha value is -1.64. The van der Waals surface area contributed by atoms with Crippen molar-refractivity contribution in [2.75, 3.05) is 7.11 Å². The third-order valence-corrected chi connectivity index (χ3v) is 1.83. The molecule has 1 aromatic rings. The third-order valence-electron chi connectivity index (χ3n) is 1.83. The molecule has 16 heavy (non-hydrogen) atoms. The van der Waals surface area contributed by atoms with Crippen LogP contribution in [0.4, 0.5) is 0 Å². The molecule has 0 aliphatic rings. The van der Waals surface area contributed by atoms with E-state index in [-0.39, 0.29) is 0 Å². The van der Waals surface area contributed by atoms with Crippen LogP contribution in [0.1, 0.15) is 46.5 Å². The lowest BCUT2D eigenvalue weighted by molar-refractivity contribution is 0.0600. The van der Waals surface area contributed by atoms with E-state index in [1.165, 1.54) is 19.6 Å². The van der Waals surface area contributed by atoms with Crippen LogP contribution in [-0.4, -0.2) is 19.4 Å². The quantitative estimate of drug-likeness (QED) is 0.570. The van der Waals surface area contributed by atoms with Gasteiger partial charge in [-0.2, -0.15) is 0 Å². The molecule has 1 rings (SSSR count). The number of benzene rings is 1. The Bertz CT molecular complexity index is 356. The lowest BCUT2D eigenvalue weighted by Gasteiger charge is -2.01. The minimum atomic E-state index is -0.428. The van der Waals surface area contributed by atoms with Crippen molar-refractivity contribution in [1.29, 1.82) is 0 Å². The highest BCUT2D eigenvalue weighted by Crippen LogP contribution is 2.09. The number of ether oxygens (including phenoxy) is 1. The predicted octanol–water partition coefficient (Wildman–Crippen LogP) is 3.01. The Morgan fingerprint density at radius 3 is 2.38 bits per heavy atom. The van der Waals surface area contributed by atoms with Gasteiger partial charge in [0.05, 0.1) is 12.7 Å². The van der Waals surface area contributed by atoms with Crippen molar-refractivity contribution in [2.45, 2.75) is 27.2 Å². The first-order valence-electron chi connectivity index (χ1n) is 5.24. The molecule has 0 atom stereocenters. The van der Waals surface area contributed by atoms with Crippen molar-refractivity contribution in [3.63, 3.8) is 0 Å². The van der Waals surface area contributed by atoms with E-state index in [2.05, 4.69) is 18.6 Å². The molecule has 0 unspecified atom stereocenters. The van der Waals surface area contributed by atoms with Crippen molar-refractivity contribution >= 4 is 12.3 Å². The van der Waals surface area contributed by atoms with Gasteiger partial charge in [0.15, 0.2) is 0 Å². The molecule has 0 radical (unpaired) electrons. The molecule has 3 heteroatoms. The second-order valence-corrected chi connectivity index (χ2v) is 3.39. The number of carbonyl (C=O) groups excluding carboxylic acids is 2. The zero-order valence-corrected chi connectivity index (χ0v) is 10.2. The summed E-state index contributed by atoms with van der Waals surface area (Å²) in [5, 5.41) is 0. The first-order chi connectivity index (χ1) is 7.60. The van der Waals surface area contributed by atoms with E-state index in [0.717, 1.165) is 11.8 Å². The van der Waals surface area contributed by atoms with Crippen molar-refractivity contribution in [1.82, 2.24) is 0 Å². The number of hydrogen-bond acceptors (Lipinski definition) is 3. The van der Waals surface area contributed by atoms with Gasteiger partial charge >= 0.3 is 5.97 Å². The van der Waals surface area contributed by atoms with Crippen LogP contribution in [0.5, 0.6) is 0 Å². The molecular formula is C13H18O3. The van der Waals surface area contributed by atoms with E-state index >= 15 is 0 Å². The van der Waals surface area contributed by atoms with E-state index in [1.807, 2.05) is 6.92 Å². The van der Waals surface area contributed by atoms with Crippen LogP contribution in [0, 0.1) is 6.92 Å². The highest BCUT2D eigenvalue weighted by atomic mass is 16.5. The maximum Gasteiger partial charge on any atom is 0.337 e. The van der Waals surface area contributed by atoms with Gasteiger partial charge in [-0.3, -0.25) is 4.79 Å². The molecule has 0 saturated carbocycles. The highest BCUT2D eigenvalue weighted by molar-refractivity contribution is 5.92. The summed E-state index contributed by atoms with van der Waals surface area (Å²) < 4.78 is 4.52. The van der Waals surface area contributed by atoms with Crippen molar-refractivity contribution in [2.24, 2.45) is 0 Å². The highest BCUT2D eigenvalue weighted by Gasteiger charge is 2.06. The molecule has 0 aromatic heterocycles. The predicted molar refractivity (Wildman–Crippen MR) is 63.9 cm³/mol. The minimum absolute atomic E-state index is 0.398. The largest absolute Gasteiger partial charge is 0.465 e. The number of carbonyl (C=O) groups is 2. The standard InChI is InChI=1S/C10H10O3.C3H8/c1-7-3-4-8(10(12)13-2)5-9(7)6-11;1-3-2/h3-6H,1-2H3;3H2,1-2H3. The number of aryl methyl sites for hydroxylation is 1. The Morgan fingerprint density at radius 2 is 1.94 bits per heavy atom. The summed E-state index contributed by atoms with van der Waals surface area (Å²) in [6.07, 6.45) is 1.97. The summed E-state index contributed by atoms with van der Waals surface area (Å²) in [7, 11) is 1.31. The van der Waals surface area contributed by atoms with Crippen LogP contribution in [0.15, 0.2) is 18.2 Å². The van der Waals surface area contributed by atoms with E-state index in [0.29, 0.717) is 11.1 Å². The van der Waals surface area contributed by atoms with Gasteiger partial charge < -0.3 is 4.74 Å². The molecule has 0 fully saturated rings. The Labute approximate surface area is 96.4 Å². The fourth-order valence-corrected chi connectivity index (χ4v) is 1.01. The van der Waals surface area contributed by atoms with Gasteiger partial charge in [-0.05, 0) is 24.6 Å². The Balaban J connectivity index is 0.000000673. The number of methoxy groups -OCH3 is 1. The SMILES string of the molecule is CCC.COC(=O)c1ccc(C)c(C=O)c1. The van der Waals surface area contributed by atoms with E-state index in [1.54, 1.807) is 12.1 Å². The smallest absolute Gasteiger partial charge is 0.337 e. The molecule has 0 aliphatic carbocycles. The summed E-state index contributed by atoms with van der Waals surface area (Å²) in [6.45, 7) is 6.06. The molecule has 3 nitrogen and oxygen atoms in total. The van der Waals surface area contributed by atoms with Crippen LogP contribution < -0.4 is 0 Å². The fraction of sp³-hybridized carbons (Fsp3) is 0.385. The molecule has 0 N–H and O–H groups in total.